The van der Waals surface area contributed by atoms with E-state index in [1.165, 1.54) is 0 Å². The molecule has 0 spiro atoms. The first kappa shape index (κ1) is 12.8. The summed E-state index contributed by atoms with van der Waals surface area (Å²) in [5.74, 6) is 0.897. The van der Waals surface area contributed by atoms with Gasteiger partial charge >= 0.3 is 0 Å². The second-order valence-electron chi connectivity index (χ2n) is 3.98. The Balaban J connectivity index is 2.68. The van der Waals surface area contributed by atoms with E-state index in [4.69, 9.17) is 4.74 Å². The second kappa shape index (κ2) is 6.33. The topological polar surface area (TPSA) is 29.5 Å². The molecule has 0 heterocycles. The van der Waals surface area contributed by atoms with Crippen molar-refractivity contribution in [3.05, 3.63) is 35.4 Å². The zero-order valence-corrected chi connectivity index (χ0v) is 10.2. The van der Waals surface area contributed by atoms with E-state index in [1.54, 1.807) is 6.92 Å². The minimum atomic E-state index is -0.393. The smallest absolute Gasteiger partial charge is 0.119 e. The summed E-state index contributed by atoms with van der Waals surface area (Å²) in [6.45, 7) is 6.53. The maximum Gasteiger partial charge on any atom is 0.119 e. The first-order valence-electron chi connectivity index (χ1n) is 5.72. The second-order valence-corrected chi connectivity index (χ2v) is 3.98. The van der Waals surface area contributed by atoms with Gasteiger partial charge in [-0.05, 0) is 43.5 Å². The Morgan fingerprint density at radius 2 is 2.00 bits per heavy atom. The van der Waals surface area contributed by atoms with Gasteiger partial charge in [0.1, 0.15) is 5.75 Å². The number of rotatable bonds is 5. The largest absolute Gasteiger partial charge is 0.494 e. The van der Waals surface area contributed by atoms with Gasteiger partial charge in [0.2, 0.25) is 0 Å². The molecule has 0 saturated heterocycles. The lowest BCUT2D eigenvalue weighted by atomic mass is 10.1. The van der Waals surface area contributed by atoms with Crippen molar-refractivity contribution in [3.8, 4) is 5.75 Å². The fourth-order valence-corrected chi connectivity index (χ4v) is 1.26. The first-order chi connectivity index (χ1) is 7.63. The number of aliphatic hydroxyl groups is 1. The molecule has 0 fully saturated rings. The number of aliphatic hydroxyl groups excluding tert-OH is 1. The van der Waals surface area contributed by atoms with Gasteiger partial charge in [-0.3, -0.25) is 0 Å². The third-order valence-corrected chi connectivity index (χ3v) is 2.41. The highest BCUT2D eigenvalue weighted by Gasteiger charge is 1.98. The zero-order chi connectivity index (χ0) is 12.0. The molecule has 0 amide bonds. The molecule has 1 rings (SSSR count). The van der Waals surface area contributed by atoms with Crippen LogP contribution in [0.5, 0.6) is 5.75 Å². The van der Waals surface area contributed by atoms with Crippen LogP contribution in [-0.4, -0.2) is 17.8 Å². The maximum atomic E-state index is 9.36. The van der Waals surface area contributed by atoms with Crippen LogP contribution in [0.3, 0.4) is 0 Å². The number of hydrogen-bond donors (Lipinski definition) is 1. The van der Waals surface area contributed by atoms with Gasteiger partial charge < -0.3 is 9.84 Å². The summed E-state index contributed by atoms with van der Waals surface area (Å²) in [7, 11) is 0. The van der Waals surface area contributed by atoms with Crippen molar-refractivity contribution in [1.82, 2.24) is 0 Å². The molecule has 0 aliphatic rings. The monoisotopic (exact) mass is 220 g/mol. The van der Waals surface area contributed by atoms with Crippen molar-refractivity contribution in [3.63, 3.8) is 0 Å². The van der Waals surface area contributed by atoms with E-state index in [1.807, 2.05) is 37.3 Å². The highest BCUT2D eigenvalue weighted by molar-refractivity contribution is 5.54. The number of hydrogen-bond acceptors (Lipinski definition) is 2. The van der Waals surface area contributed by atoms with Gasteiger partial charge in [0.25, 0.3) is 0 Å². The van der Waals surface area contributed by atoms with E-state index >= 15 is 0 Å². The maximum absolute atomic E-state index is 9.36. The lowest BCUT2D eigenvalue weighted by molar-refractivity contribution is 0.232. The predicted octanol–water partition coefficient (Wildman–Crippen LogP) is 3.26. The summed E-state index contributed by atoms with van der Waals surface area (Å²) in [5.41, 5.74) is 2.05. The Hall–Kier alpha value is -1.28. The molecule has 0 bridgehead atoms. The molecule has 0 saturated carbocycles. The van der Waals surface area contributed by atoms with E-state index in [9.17, 15) is 5.11 Å². The molecule has 0 radical (unpaired) electrons. The lowest BCUT2D eigenvalue weighted by Crippen LogP contribution is -2.00. The van der Waals surface area contributed by atoms with Crippen LogP contribution in [0.4, 0.5) is 0 Å². The molecule has 2 nitrogen and oxygen atoms in total. The Morgan fingerprint density at radius 3 is 2.50 bits per heavy atom. The van der Waals surface area contributed by atoms with Crippen molar-refractivity contribution >= 4 is 6.08 Å². The molecule has 0 aliphatic carbocycles. The van der Waals surface area contributed by atoms with Crippen LogP contribution in [0, 0.1) is 0 Å². The molecule has 1 aromatic rings. The molecule has 1 aromatic carbocycles. The fraction of sp³-hybridized carbons (Fsp3) is 0.429. The van der Waals surface area contributed by atoms with E-state index in [-0.39, 0.29) is 0 Å². The first-order valence-corrected chi connectivity index (χ1v) is 5.72. The lowest BCUT2D eigenvalue weighted by Gasteiger charge is -2.06. The molecule has 88 valence electrons. The van der Waals surface area contributed by atoms with Gasteiger partial charge in [-0.2, -0.15) is 0 Å². The molecule has 1 atom stereocenters. The highest BCUT2D eigenvalue weighted by Crippen LogP contribution is 2.15. The van der Waals surface area contributed by atoms with Gasteiger partial charge in [-0.25, -0.2) is 0 Å². The van der Waals surface area contributed by atoms with Gasteiger partial charge in [0, 0.05) is 0 Å². The SMILES string of the molecule is CCCOc1ccc(/C=C(/C)C(C)O)cc1. The van der Waals surface area contributed by atoms with Crippen LogP contribution >= 0.6 is 0 Å². The van der Waals surface area contributed by atoms with Crippen molar-refractivity contribution in [2.75, 3.05) is 6.61 Å². The minimum Gasteiger partial charge on any atom is -0.494 e. The van der Waals surface area contributed by atoms with Crippen molar-refractivity contribution in [2.45, 2.75) is 33.3 Å². The molecule has 0 aromatic heterocycles. The Labute approximate surface area is 97.6 Å². The van der Waals surface area contributed by atoms with Crippen LogP contribution in [0.25, 0.3) is 6.08 Å². The standard InChI is InChI=1S/C14H20O2/c1-4-9-16-14-7-5-13(6-8-14)10-11(2)12(3)15/h5-8,10,12,15H,4,9H2,1-3H3/b11-10-. The van der Waals surface area contributed by atoms with E-state index in [0.717, 1.165) is 29.9 Å². The van der Waals surface area contributed by atoms with Crippen LogP contribution in [-0.2, 0) is 0 Å². The molecule has 0 aliphatic heterocycles. The summed E-state index contributed by atoms with van der Waals surface area (Å²) in [6.07, 6.45) is 2.60. The number of ether oxygens (including phenoxy) is 1. The quantitative estimate of drug-likeness (QED) is 0.825. The predicted molar refractivity (Wildman–Crippen MR) is 67.6 cm³/mol. The molecule has 2 heteroatoms. The van der Waals surface area contributed by atoms with Crippen molar-refractivity contribution in [2.24, 2.45) is 0 Å². The summed E-state index contributed by atoms with van der Waals surface area (Å²) in [5, 5.41) is 9.36. The van der Waals surface area contributed by atoms with E-state index in [0.29, 0.717) is 0 Å². The Morgan fingerprint density at radius 1 is 1.38 bits per heavy atom. The summed E-state index contributed by atoms with van der Waals surface area (Å²) < 4.78 is 5.49. The summed E-state index contributed by atoms with van der Waals surface area (Å²) >= 11 is 0. The summed E-state index contributed by atoms with van der Waals surface area (Å²) in [6, 6.07) is 7.90. The number of benzene rings is 1. The van der Waals surface area contributed by atoms with Gasteiger partial charge in [0.05, 0.1) is 12.7 Å². The van der Waals surface area contributed by atoms with Gasteiger partial charge in [-0.15, -0.1) is 0 Å². The molecule has 1 unspecified atom stereocenters. The van der Waals surface area contributed by atoms with Gasteiger partial charge in [0.15, 0.2) is 0 Å². The van der Waals surface area contributed by atoms with Gasteiger partial charge in [-0.1, -0.05) is 25.1 Å². The van der Waals surface area contributed by atoms with Crippen molar-refractivity contribution < 1.29 is 9.84 Å². The zero-order valence-electron chi connectivity index (χ0n) is 10.2. The van der Waals surface area contributed by atoms with Crippen LogP contribution in [0.2, 0.25) is 0 Å². The summed E-state index contributed by atoms with van der Waals surface area (Å²) in [4.78, 5) is 0. The molecule has 16 heavy (non-hydrogen) atoms. The van der Waals surface area contributed by atoms with E-state index < -0.39 is 6.10 Å². The van der Waals surface area contributed by atoms with Crippen LogP contribution in [0.15, 0.2) is 29.8 Å². The van der Waals surface area contributed by atoms with Crippen LogP contribution < -0.4 is 4.74 Å². The van der Waals surface area contributed by atoms with Crippen molar-refractivity contribution in [1.29, 1.82) is 0 Å². The minimum absolute atomic E-state index is 0.393. The van der Waals surface area contributed by atoms with E-state index in [2.05, 4.69) is 6.92 Å². The molecular formula is C14H20O2. The van der Waals surface area contributed by atoms with Crippen LogP contribution in [0.1, 0.15) is 32.8 Å². The normalized spacial score (nSPS) is 13.6. The average molecular weight is 220 g/mol. The third-order valence-electron chi connectivity index (χ3n) is 2.41. The average Bonchev–Trinajstić information content (AvgIpc) is 2.28. The molecular weight excluding hydrogens is 200 g/mol. The third kappa shape index (κ3) is 4.07. The molecule has 1 N–H and O–H groups in total. The Bertz CT molecular complexity index is 336. The Kier molecular flexibility index (Phi) is 5.06. The highest BCUT2D eigenvalue weighted by atomic mass is 16.5. The fourth-order valence-electron chi connectivity index (χ4n) is 1.26.